The van der Waals surface area contributed by atoms with Crippen LogP contribution >= 0.6 is 0 Å². The summed E-state index contributed by atoms with van der Waals surface area (Å²) in [6, 6.07) is 15.3. The molecule has 1 aromatic heterocycles. The molecule has 1 aliphatic carbocycles. The van der Waals surface area contributed by atoms with Gasteiger partial charge in [0.2, 0.25) is 11.8 Å². The van der Waals surface area contributed by atoms with Crippen LogP contribution in [-0.2, 0) is 17.8 Å². The molecule has 0 N–H and O–H groups in total. The highest BCUT2D eigenvalue weighted by Crippen LogP contribution is 2.37. The first-order chi connectivity index (χ1) is 17.0. The van der Waals surface area contributed by atoms with Gasteiger partial charge < -0.3 is 19.1 Å². The number of rotatable bonds is 10. The number of amides is 1. The van der Waals surface area contributed by atoms with Gasteiger partial charge >= 0.3 is 0 Å². The van der Waals surface area contributed by atoms with Gasteiger partial charge in [0, 0.05) is 12.0 Å². The van der Waals surface area contributed by atoms with Crippen molar-refractivity contribution in [3.8, 4) is 28.8 Å². The van der Waals surface area contributed by atoms with Crippen LogP contribution in [0.25, 0.3) is 5.69 Å². The molecule has 1 amide bonds. The molecule has 7 nitrogen and oxygen atoms in total. The maximum atomic E-state index is 13.3. The van der Waals surface area contributed by atoms with Gasteiger partial charge in [-0.15, -0.1) is 0 Å². The van der Waals surface area contributed by atoms with E-state index in [-0.39, 0.29) is 17.9 Å². The standard InChI is InChI=1S/C28H35N3O4/c1-6-24-23(18-30(19(2)3)27(32)20-10-9-11-20)28(35-26-13-8-7-12-25(26)34-5)31(29-24)21-14-16-22(33-4)17-15-21/h7-8,12-17,19-20H,6,9-11,18H2,1-5H3. The van der Waals surface area contributed by atoms with Gasteiger partial charge in [-0.3, -0.25) is 4.79 Å². The van der Waals surface area contributed by atoms with E-state index in [1.807, 2.05) is 58.1 Å². The number of aryl methyl sites for hydroxylation is 1. The number of nitrogens with zero attached hydrogens (tertiary/aromatic N) is 3. The average molecular weight is 478 g/mol. The molecule has 1 saturated carbocycles. The van der Waals surface area contributed by atoms with E-state index >= 15 is 0 Å². The Morgan fingerprint density at radius 1 is 1.06 bits per heavy atom. The summed E-state index contributed by atoms with van der Waals surface area (Å²) in [4.78, 5) is 15.3. The van der Waals surface area contributed by atoms with Crippen LogP contribution in [0.2, 0.25) is 0 Å². The first-order valence-corrected chi connectivity index (χ1v) is 12.3. The lowest BCUT2D eigenvalue weighted by atomic mass is 9.84. The predicted octanol–water partition coefficient (Wildman–Crippen LogP) is 5.78. The van der Waals surface area contributed by atoms with Gasteiger partial charge in [-0.2, -0.15) is 5.10 Å². The van der Waals surface area contributed by atoms with Crippen LogP contribution in [-0.4, -0.2) is 40.8 Å². The molecule has 0 radical (unpaired) electrons. The molecule has 7 heteroatoms. The second-order valence-corrected chi connectivity index (χ2v) is 9.13. The van der Waals surface area contributed by atoms with Crippen molar-refractivity contribution in [3.63, 3.8) is 0 Å². The third-order valence-electron chi connectivity index (χ3n) is 6.64. The Morgan fingerprint density at radius 3 is 2.29 bits per heavy atom. The summed E-state index contributed by atoms with van der Waals surface area (Å²) >= 11 is 0. The summed E-state index contributed by atoms with van der Waals surface area (Å²) in [6.45, 7) is 6.65. The second kappa shape index (κ2) is 10.8. The summed E-state index contributed by atoms with van der Waals surface area (Å²) in [5, 5.41) is 4.93. The Bertz CT molecular complexity index is 1150. The third-order valence-corrected chi connectivity index (χ3v) is 6.64. The van der Waals surface area contributed by atoms with Gasteiger partial charge in [0.25, 0.3) is 0 Å². The molecule has 3 aromatic rings. The molecule has 186 valence electrons. The second-order valence-electron chi connectivity index (χ2n) is 9.13. The number of benzene rings is 2. The maximum absolute atomic E-state index is 13.3. The molecule has 0 atom stereocenters. The zero-order chi connectivity index (χ0) is 24.9. The molecule has 1 aliphatic rings. The minimum atomic E-state index is 0.0660. The van der Waals surface area contributed by atoms with E-state index in [1.165, 1.54) is 0 Å². The number of methoxy groups -OCH3 is 2. The SMILES string of the molecule is CCc1nn(-c2ccc(OC)cc2)c(Oc2ccccc2OC)c1CN(C(=O)C1CCC1)C(C)C. The van der Waals surface area contributed by atoms with Crippen molar-refractivity contribution in [2.24, 2.45) is 5.92 Å². The minimum Gasteiger partial charge on any atom is -0.497 e. The number of hydrogen-bond acceptors (Lipinski definition) is 5. The Labute approximate surface area is 207 Å². The Kier molecular flexibility index (Phi) is 7.63. The average Bonchev–Trinajstić information content (AvgIpc) is 3.18. The first kappa shape index (κ1) is 24.6. The smallest absolute Gasteiger partial charge is 0.228 e. The van der Waals surface area contributed by atoms with E-state index in [0.717, 1.165) is 42.0 Å². The van der Waals surface area contributed by atoms with Gasteiger partial charge in [-0.05, 0) is 69.5 Å². The maximum Gasteiger partial charge on any atom is 0.228 e. The van der Waals surface area contributed by atoms with Crippen LogP contribution in [0, 0.1) is 5.92 Å². The lowest BCUT2D eigenvalue weighted by Gasteiger charge is -2.34. The van der Waals surface area contributed by atoms with Crippen molar-refractivity contribution in [2.45, 2.75) is 59.0 Å². The van der Waals surface area contributed by atoms with Crippen molar-refractivity contribution in [2.75, 3.05) is 14.2 Å². The van der Waals surface area contributed by atoms with Crippen molar-refractivity contribution < 1.29 is 19.0 Å². The number of ether oxygens (including phenoxy) is 3. The molecular weight excluding hydrogens is 442 g/mol. The Balaban J connectivity index is 1.81. The minimum absolute atomic E-state index is 0.0660. The summed E-state index contributed by atoms with van der Waals surface area (Å²) in [5.41, 5.74) is 2.66. The molecule has 0 saturated heterocycles. The number of carbonyl (C=O) groups is 1. The third kappa shape index (κ3) is 5.14. The number of aromatic nitrogens is 2. The van der Waals surface area contributed by atoms with Crippen LogP contribution in [0.3, 0.4) is 0 Å². The normalized spacial score (nSPS) is 13.4. The van der Waals surface area contributed by atoms with Crippen molar-refractivity contribution in [3.05, 3.63) is 59.8 Å². The van der Waals surface area contributed by atoms with Crippen LogP contribution in [0.1, 0.15) is 51.3 Å². The monoisotopic (exact) mass is 477 g/mol. The van der Waals surface area contributed by atoms with Crippen molar-refractivity contribution in [1.29, 1.82) is 0 Å². The number of para-hydroxylation sites is 2. The fourth-order valence-electron chi connectivity index (χ4n) is 4.31. The molecule has 1 fully saturated rings. The fraction of sp³-hybridized carbons (Fsp3) is 0.429. The lowest BCUT2D eigenvalue weighted by Crippen LogP contribution is -2.42. The molecule has 4 rings (SSSR count). The van der Waals surface area contributed by atoms with E-state index in [1.54, 1.807) is 14.2 Å². The molecule has 0 bridgehead atoms. The van der Waals surface area contributed by atoms with E-state index in [9.17, 15) is 4.79 Å². The van der Waals surface area contributed by atoms with E-state index in [4.69, 9.17) is 19.3 Å². The fourth-order valence-corrected chi connectivity index (χ4v) is 4.31. The molecular formula is C28H35N3O4. The molecule has 35 heavy (non-hydrogen) atoms. The van der Waals surface area contributed by atoms with Gasteiger partial charge in [-0.1, -0.05) is 25.5 Å². The number of hydrogen-bond donors (Lipinski definition) is 0. The topological polar surface area (TPSA) is 65.8 Å². The molecule has 1 heterocycles. The predicted molar refractivity (Wildman–Crippen MR) is 136 cm³/mol. The Morgan fingerprint density at radius 2 is 1.74 bits per heavy atom. The molecule has 0 aliphatic heterocycles. The van der Waals surface area contributed by atoms with Gasteiger partial charge in [-0.25, -0.2) is 4.68 Å². The highest BCUT2D eigenvalue weighted by molar-refractivity contribution is 5.80. The van der Waals surface area contributed by atoms with Crippen LogP contribution in [0.5, 0.6) is 23.1 Å². The lowest BCUT2D eigenvalue weighted by molar-refractivity contribution is -0.140. The summed E-state index contributed by atoms with van der Waals surface area (Å²) in [6.07, 6.45) is 3.78. The van der Waals surface area contributed by atoms with Crippen LogP contribution in [0.4, 0.5) is 0 Å². The zero-order valence-corrected chi connectivity index (χ0v) is 21.3. The van der Waals surface area contributed by atoms with Crippen LogP contribution < -0.4 is 14.2 Å². The van der Waals surface area contributed by atoms with E-state index in [0.29, 0.717) is 30.3 Å². The van der Waals surface area contributed by atoms with Gasteiger partial charge in [0.1, 0.15) is 5.75 Å². The van der Waals surface area contributed by atoms with Crippen LogP contribution in [0.15, 0.2) is 48.5 Å². The van der Waals surface area contributed by atoms with E-state index < -0.39 is 0 Å². The summed E-state index contributed by atoms with van der Waals surface area (Å²) in [5.74, 6) is 2.91. The highest BCUT2D eigenvalue weighted by Gasteiger charge is 2.33. The van der Waals surface area contributed by atoms with Crippen molar-refractivity contribution in [1.82, 2.24) is 14.7 Å². The number of carbonyl (C=O) groups excluding carboxylic acids is 1. The summed E-state index contributed by atoms with van der Waals surface area (Å²) in [7, 11) is 3.27. The van der Waals surface area contributed by atoms with Gasteiger partial charge in [0.05, 0.1) is 37.7 Å². The first-order valence-electron chi connectivity index (χ1n) is 12.3. The van der Waals surface area contributed by atoms with Crippen molar-refractivity contribution >= 4 is 5.91 Å². The quantitative estimate of drug-likeness (QED) is 0.370. The zero-order valence-electron chi connectivity index (χ0n) is 21.3. The Hall–Kier alpha value is -3.48. The molecule has 0 unspecified atom stereocenters. The highest BCUT2D eigenvalue weighted by atomic mass is 16.5. The van der Waals surface area contributed by atoms with Gasteiger partial charge in [0.15, 0.2) is 11.5 Å². The molecule has 0 spiro atoms. The largest absolute Gasteiger partial charge is 0.497 e. The molecule has 2 aromatic carbocycles. The van der Waals surface area contributed by atoms with E-state index in [2.05, 4.69) is 20.8 Å². The summed E-state index contributed by atoms with van der Waals surface area (Å²) < 4.78 is 19.2.